The van der Waals surface area contributed by atoms with E-state index in [-0.39, 0.29) is 12.5 Å². The van der Waals surface area contributed by atoms with Gasteiger partial charge in [-0.25, -0.2) is 0 Å². The van der Waals surface area contributed by atoms with E-state index in [1.807, 2.05) is 0 Å². The third-order valence-electron chi connectivity index (χ3n) is 1.93. The first-order valence-electron chi connectivity index (χ1n) is 5.32. The first kappa shape index (κ1) is 14.3. The van der Waals surface area contributed by atoms with Gasteiger partial charge in [0, 0.05) is 30.1 Å². The highest BCUT2D eigenvalue weighted by molar-refractivity contribution is 7.99. The van der Waals surface area contributed by atoms with Gasteiger partial charge in [0.2, 0.25) is 0 Å². The van der Waals surface area contributed by atoms with Gasteiger partial charge in [-0.3, -0.25) is 9.78 Å². The van der Waals surface area contributed by atoms with E-state index in [0.717, 1.165) is 17.9 Å². The van der Waals surface area contributed by atoms with Crippen LogP contribution in [0.25, 0.3) is 0 Å². The van der Waals surface area contributed by atoms with Gasteiger partial charge in [0.15, 0.2) is 0 Å². The standard InChI is InChI=1S/C11H15ClN2O2S/c12-9-2-3-13-10(8-9)11(16)14-4-7-17-6-1-5-15/h2-3,8,15H,1,4-7H2,(H,14,16). The second kappa shape index (κ2) is 8.33. The third-order valence-corrected chi connectivity index (χ3v) is 3.24. The van der Waals surface area contributed by atoms with Gasteiger partial charge < -0.3 is 10.4 Å². The highest BCUT2D eigenvalue weighted by atomic mass is 35.5. The maximum atomic E-state index is 11.6. The maximum absolute atomic E-state index is 11.6. The summed E-state index contributed by atoms with van der Waals surface area (Å²) < 4.78 is 0. The van der Waals surface area contributed by atoms with Crippen molar-refractivity contribution in [3.05, 3.63) is 29.0 Å². The van der Waals surface area contributed by atoms with Crippen molar-refractivity contribution >= 4 is 29.3 Å². The number of aromatic nitrogens is 1. The molecule has 0 aliphatic carbocycles. The molecule has 17 heavy (non-hydrogen) atoms. The summed E-state index contributed by atoms with van der Waals surface area (Å²) in [6.45, 7) is 0.801. The number of amides is 1. The molecule has 0 spiro atoms. The lowest BCUT2D eigenvalue weighted by Crippen LogP contribution is -2.26. The Morgan fingerprint density at radius 3 is 3.06 bits per heavy atom. The van der Waals surface area contributed by atoms with Crippen LogP contribution in [0.1, 0.15) is 16.9 Å². The molecule has 94 valence electrons. The molecule has 1 aromatic rings. The van der Waals surface area contributed by atoms with Gasteiger partial charge in [-0.05, 0) is 24.3 Å². The molecule has 0 atom stereocenters. The Bertz CT molecular complexity index is 363. The topological polar surface area (TPSA) is 62.2 Å². The number of carbonyl (C=O) groups is 1. The molecule has 6 heteroatoms. The second-order valence-electron chi connectivity index (χ2n) is 3.30. The largest absolute Gasteiger partial charge is 0.396 e. The number of aliphatic hydroxyl groups excluding tert-OH is 1. The van der Waals surface area contributed by atoms with E-state index in [9.17, 15) is 4.79 Å². The fourth-order valence-corrected chi connectivity index (χ4v) is 2.07. The van der Waals surface area contributed by atoms with Crippen molar-refractivity contribution in [2.45, 2.75) is 6.42 Å². The predicted molar refractivity (Wildman–Crippen MR) is 70.6 cm³/mol. The summed E-state index contributed by atoms with van der Waals surface area (Å²) in [6.07, 6.45) is 2.29. The number of hydrogen-bond acceptors (Lipinski definition) is 4. The summed E-state index contributed by atoms with van der Waals surface area (Å²) in [4.78, 5) is 15.5. The highest BCUT2D eigenvalue weighted by Crippen LogP contribution is 2.07. The van der Waals surface area contributed by atoms with Crippen LogP contribution in [0, 0.1) is 0 Å². The molecule has 0 aromatic carbocycles. The quantitative estimate of drug-likeness (QED) is 0.741. The first-order valence-corrected chi connectivity index (χ1v) is 6.85. The van der Waals surface area contributed by atoms with Crippen LogP contribution in [-0.4, -0.2) is 40.7 Å². The van der Waals surface area contributed by atoms with Gasteiger partial charge in [0.05, 0.1) is 0 Å². The van der Waals surface area contributed by atoms with E-state index in [0.29, 0.717) is 17.3 Å². The van der Waals surface area contributed by atoms with Crippen LogP contribution in [0.15, 0.2) is 18.3 Å². The Kier molecular flexibility index (Phi) is 7.00. The lowest BCUT2D eigenvalue weighted by atomic mass is 10.3. The molecular weight excluding hydrogens is 260 g/mol. The van der Waals surface area contributed by atoms with Gasteiger partial charge in [-0.2, -0.15) is 11.8 Å². The van der Waals surface area contributed by atoms with E-state index in [1.165, 1.54) is 12.3 Å². The van der Waals surface area contributed by atoms with E-state index in [4.69, 9.17) is 16.7 Å². The minimum atomic E-state index is -0.213. The van der Waals surface area contributed by atoms with Crippen molar-refractivity contribution < 1.29 is 9.90 Å². The second-order valence-corrected chi connectivity index (χ2v) is 4.97. The lowest BCUT2D eigenvalue weighted by Gasteiger charge is -2.04. The van der Waals surface area contributed by atoms with Gasteiger partial charge in [0.1, 0.15) is 5.69 Å². The molecule has 2 N–H and O–H groups in total. The molecule has 0 aliphatic heterocycles. The smallest absolute Gasteiger partial charge is 0.269 e. The lowest BCUT2D eigenvalue weighted by molar-refractivity contribution is 0.0951. The SMILES string of the molecule is O=C(NCCSCCCO)c1cc(Cl)ccn1. The van der Waals surface area contributed by atoms with E-state index >= 15 is 0 Å². The van der Waals surface area contributed by atoms with Crippen LogP contribution in [0.4, 0.5) is 0 Å². The molecule has 4 nitrogen and oxygen atoms in total. The summed E-state index contributed by atoms with van der Waals surface area (Å²) in [6, 6.07) is 3.17. The zero-order valence-corrected chi connectivity index (χ0v) is 10.9. The number of carbonyl (C=O) groups excluding carboxylic acids is 1. The highest BCUT2D eigenvalue weighted by Gasteiger charge is 2.06. The molecule has 1 rings (SSSR count). The Morgan fingerprint density at radius 2 is 2.35 bits per heavy atom. The van der Waals surface area contributed by atoms with Gasteiger partial charge in [-0.15, -0.1) is 0 Å². The van der Waals surface area contributed by atoms with E-state index < -0.39 is 0 Å². The molecule has 1 aromatic heterocycles. The monoisotopic (exact) mass is 274 g/mol. The Labute approximate surface area is 110 Å². The van der Waals surface area contributed by atoms with E-state index in [2.05, 4.69) is 10.3 Å². The van der Waals surface area contributed by atoms with Crippen molar-refractivity contribution in [3.63, 3.8) is 0 Å². The number of rotatable bonds is 7. The van der Waals surface area contributed by atoms with Crippen molar-refractivity contribution in [1.29, 1.82) is 0 Å². The third kappa shape index (κ3) is 5.91. The van der Waals surface area contributed by atoms with E-state index in [1.54, 1.807) is 17.8 Å². The van der Waals surface area contributed by atoms with Gasteiger partial charge >= 0.3 is 0 Å². The van der Waals surface area contributed by atoms with Crippen LogP contribution >= 0.6 is 23.4 Å². The molecular formula is C11H15ClN2O2S. The first-order chi connectivity index (χ1) is 8.24. The number of hydrogen-bond donors (Lipinski definition) is 2. The van der Waals surface area contributed by atoms with Gasteiger partial charge in [0.25, 0.3) is 5.91 Å². The molecule has 0 bridgehead atoms. The number of pyridine rings is 1. The minimum absolute atomic E-state index is 0.213. The van der Waals surface area contributed by atoms with Gasteiger partial charge in [-0.1, -0.05) is 11.6 Å². The van der Waals surface area contributed by atoms with Crippen LogP contribution in [0.3, 0.4) is 0 Å². The summed E-state index contributed by atoms with van der Waals surface area (Å²) >= 11 is 7.46. The predicted octanol–water partition coefficient (Wildman–Crippen LogP) is 1.58. The zero-order chi connectivity index (χ0) is 12.5. The molecule has 1 amide bonds. The number of halogens is 1. The molecule has 0 saturated heterocycles. The summed E-state index contributed by atoms with van der Waals surface area (Å²) in [5.41, 5.74) is 0.331. The molecule has 0 saturated carbocycles. The summed E-state index contributed by atoms with van der Waals surface area (Å²) in [5, 5.41) is 11.8. The van der Waals surface area contributed by atoms with Crippen LogP contribution < -0.4 is 5.32 Å². The Morgan fingerprint density at radius 1 is 1.53 bits per heavy atom. The van der Waals surface area contributed by atoms with Crippen LogP contribution in [0.2, 0.25) is 5.02 Å². The molecule has 0 fully saturated rings. The number of aliphatic hydroxyl groups is 1. The summed E-state index contributed by atoms with van der Waals surface area (Å²) in [7, 11) is 0. The normalized spacial score (nSPS) is 10.2. The summed E-state index contributed by atoms with van der Waals surface area (Å²) in [5.74, 6) is 1.52. The fourth-order valence-electron chi connectivity index (χ4n) is 1.12. The Hall–Kier alpha value is -0.780. The fraction of sp³-hybridized carbons (Fsp3) is 0.455. The molecule has 1 heterocycles. The van der Waals surface area contributed by atoms with Crippen LogP contribution in [0.5, 0.6) is 0 Å². The van der Waals surface area contributed by atoms with Crippen LogP contribution in [-0.2, 0) is 0 Å². The average molecular weight is 275 g/mol. The number of nitrogens with one attached hydrogen (secondary N) is 1. The maximum Gasteiger partial charge on any atom is 0.269 e. The number of nitrogens with zero attached hydrogens (tertiary/aromatic N) is 1. The van der Waals surface area contributed by atoms with Crippen molar-refractivity contribution in [1.82, 2.24) is 10.3 Å². The Balaban J connectivity index is 2.21. The molecule has 0 radical (unpaired) electrons. The minimum Gasteiger partial charge on any atom is -0.396 e. The average Bonchev–Trinajstić information content (AvgIpc) is 2.33. The zero-order valence-electron chi connectivity index (χ0n) is 9.36. The van der Waals surface area contributed by atoms with Crippen molar-refractivity contribution in [3.8, 4) is 0 Å². The molecule has 0 unspecified atom stereocenters. The molecule has 0 aliphatic rings. The van der Waals surface area contributed by atoms with Crippen molar-refractivity contribution in [2.24, 2.45) is 0 Å². The van der Waals surface area contributed by atoms with Crippen molar-refractivity contribution in [2.75, 3.05) is 24.7 Å². The number of thioether (sulfide) groups is 1.